The number of fused-ring (bicyclic) bond motifs is 1. The molecular weight excluding hydrogens is 264 g/mol. The summed E-state index contributed by atoms with van der Waals surface area (Å²) in [7, 11) is 0. The summed E-state index contributed by atoms with van der Waals surface area (Å²) < 4.78 is 2.32. The zero-order chi connectivity index (χ0) is 12.8. The van der Waals surface area contributed by atoms with Crippen molar-refractivity contribution in [1.82, 2.24) is 9.55 Å². The lowest BCUT2D eigenvalue weighted by Crippen LogP contribution is -2.37. The zero-order valence-electron chi connectivity index (χ0n) is 10.4. The van der Waals surface area contributed by atoms with Crippen molar-refractivity contribution in [3.63, 3.8) is 0 Å². The maximum atomic E-state index is 12.4. The molecule has 1 N–H and O–H groups in total. The summed E-state index contributed by atoms with van der Waals surface area (Å²) in [5.41, 5.74) is 0.365. The maximum absolute atomic E-state index is 12.4. The second kappa shape index (κ2) is 4.31. The second-order valence-electron chi connectivity index (χ2n) is 5.19. The Balaban J connectivity index is 2.11. The van der Waals surface area contributed by atoms with E-state index in [9.17, 15) is 4.79 Å². The van der Waals surface area contributed by atoms with Crippen LogP contribution in [0, 0.1) is 10.2 Å². The van der Waals surface area contributed by atoms with Gasteiger partial charge in [-0.3, -0.25) is 9.36 Å². The van der Waals surface area contributed by atoms with Gasteiger partial charge in [0.05, 0.1) is 5.39 Å². The number of nitrogens with zero attached hydrogens (tertiary/aromatic N) is 1. The molecule has 1 fully saturated rings. The van der Waals surface area contributed by atoms with Crippen molar-refractivity contribution < 1.29 is 0 Å². The quantitative estimate of drug-likeness (QED) is 0.871. The molecule has 2 aromatic heterocycles. The number of hydrogen-bond donors (Lipinski definition) is 1. The number of thiophene rings is 1. The van der Waals surface area contributed by atoms with E-state index in [1.807, 2.05) is 11.4 Å². The minimum Gasteiger partial charge on any atom is -0.323 e. The number of rotatable bonds is 3. The fourth-order valence-electron chi connectivity index (χ4n) is 2.76. The molecule has 0 atom stereocenters. The number of aromatic amines is 1. The molecule has 1 aliphatic carbocycles. The van der Waals surface area contributed by atoms with Crippen molar-refractivity contribution in [1.29, 1.82) is 0 Å². The van der Waals surface area contributed by atoms with Crippen LogP contribution in [-0.2, 0) is 6.54 Å². The van der Waals surface area contributed by atoms with E-state index in [0.29, 0.717) is 10.2 Å². The SMILES string of the molecule is CCC1(Cn2c(=S)[nH]c3sccc3c2=O)CCC1. The highest BCUT2D eigenvalue weighted by molar-refractivity contribution is 7.71. The van der Waals surface area contributed by atoms with E-state index in [2.05, 4.69) is 11.9 Å². The van der Waals surface area contributed by atoms with Crippen molar-refractivity contribution in [2.45, 2.75) is 39.2 Å². The summed E-state index contributed by atoms with van der Waals surface area (Å²) in [6.07, 6.45) is 4.83. The highest BCUT2D eigenvalue weighted by Crippen LogP contribution is 2.44. The van der Waals surface area contributed by atoms with Crippen LogP contribution < -0.4 is 5.56 Å². The number of nitrogens with one attached hydrogen (secondary N) is 1. The molecule has 0 aliphatic heterocycles. The van der Waals surface area contributed by atoms with Crippen molar-refractivity contribution >= 4 is 33.8 Å². The minimum atomic E-state index is 0.0646. The van der Waals surface area contributed by atoms with Gasteiger partial charge in [-0.2, -0.15) is 0 Å². The lowest BCUT2D eigenvalue weighted by Gasteiger charge is -2.41. The fraction of sp³-hybridized carbons (Fsp3) is 0.538. The molecule has 5 heteroatoms. The van der Waals surface area contributed by atoms with Gasteiger partial charge in [-0.25, -0.2) is 0 Å². The molecule has 2 heterocycles. The Morgan fingerprint density at radius 2 is 2.33 bits per heavy atom. The fourth-order valence-corrected chi connectivity index (χ4v) is 3.85. The average molecular weight is 280 g/mol. The first-order valence-corrected chi connectivity index (χ1v) is 7.64. The van der Waals surface area contributed by atoms with Gasteiger partial charge in [0.25, 0.3) is 5.56 Å². The predicted molar refractivity (Wildman–Crippen MR) is 77.8 cm³/mol. The molecular formula is C13H16N2OS2. The summed E-state index contributed by atoms with van der Waals surface area (Å²) >= 11 is 6.87. The third-order valence-electron chi connectivity index (χ3n) is 4.26. The lowest BCUT2D eigenvalue weighted by molar-refractivity contribution is 0.0980. The molecule has 0 bridgehead atoms. The third kappa shape index (κ3) is 1.77. The molecule has 3 nitrogen and oxygen atoms in total. The van der Waals surface area contributed by atoms with E-state index in [-0.39, 0.29) is 5.56 Å². The van der Waals surface area contributed by atoms with E-state index >= 15 is 0 Å². The molecule has 0 radical (unpaired) electrons. The Labute approximate surface area is 114 Å². The van der Waals surface area contributed by atoms with Crippen LogP contribution in [0.3, 0.4) is 0 Å². The number of H-pyrrole nitrogens is 1. The summed E-state index contributed by atoms with van der Waals surface area (Å²) in [5.74, 6) is 0. The van der Waals surface area contributed by atoms with Gasteiger partial charge in [0, 0.05) is 6.54 Å². The van der Waals surface area contributed by atoms with E-state index in [0.717, 1.165) is 23.2 Å². The van der Waals surface area contributed by atoms with E-state index in [4.69, 9.17) is 12.2 Å². The summed E-state index contributed by atoms with van der Waals surface area (Å²) in [6, 6.07) is 1.88. The first kappa shape index (κ1) is 12.1. The van der Waals surface area contributed by atoms with Gasteiger partial charge in [-0.15, -0.1) is 11.3 Å². The normalized spacial score (nSPS) is 17.8. The first-order chi connectivity index (χ1) is 8.65. The van der Waals surface area contributed by atoms with Gasteiger partial charge in [0.15, 0.2) is 4.77 Å². The number of hydrogen-bond acceptors (Lipinski definition) is 3. The van der Waals surface area contributed by atoms with Gasteiger partial charge in [0.2, 0.25) is 0 Å². The van der Waals surface area contributed by atoms with E-state index in [1.54, 1.807) is 4.57 Å². The topological polar surface area (TPSA) is 37.8 Å². The Kier molecular flexibility index (Phi) is 2.90. The summed E-state index contributed by atoms with van der Waals surface area (Å²) in [6.45, 7) is 2.98. The highest BCUT2D eigenvalue weighted by atomic mass is 32.1. The van der Waals surface area contributed by atoms with Crippen LogP contribution in [0.5, 0.6) is 0 Å². The highest BCUT2D eigenvalue weighted by Gasteiger charge is 2.35. The molecule has 0 amide bonds. The molecule has 0 unspecified atom stereocenters. The largest absolute Gasteiger partial charge is 0.323 e. The predicted octanol–water partition coefficient (Wildman–Crippen LogP) is 3.70. The van der Waals surface area contributed by atoms with Crippen LogP contribution in [0.25, 0.3) is 10.2 Å². The summed E-state index contributed by atoms with van der Waals surface area (Å²) in [4.78, 5) is 16.5. The smallest absolute Gasteiger partial charge is 0.263 e. The van der Waals surface area contributed by atoms with Crippen LogP contribution >= 0.6 is 23.6 Å². The Bertz CT molecular complexity index is 685. The summed E-state index contributed by atoms with van der Waals surface area (Å²) in [5, 5.41) is 2.69. The third-order valence-corrected chi connectivity index (χ3v) is 5.42. The number of aromatic nitrogens is 2. The van der Waals surface area contributed by atoms with Gasteiger partial charge in [-0.05, 0) is 48.3 Å². The van der Waals surface area contributed by atoms with Crippen molar-refractivity contribution in [3.8, 4) is 0 Å². The molecule has 0 spiro atoms. The van der Waals surface area contributed by atoms with Crippen molar-refractivity contribution in [2.75, 3.05) is 0 Å². The molecule has 1 aliphatic rings. The van der Waals surface area contributed by atoms with Crippen LogP contribution in [0.1, 0.15) is 32.6 Å². The molecule has 0 saturated heterocycles. The maximum Gasteiger partial charge on any atom is 0.263 e. The molecule has 18 heavy (non-hydrogen) atoms. The molecule has 2 aromatic rings. The average Bonchev–Trinajstić information content (AvgIpc) is 2.75. The van der Waals surface area contributed by atoms with Gasteiger partial charge < -0.3 is 4.98 Å². The first-order valence-electron chi connectivity index (χ1n) is 6.35. The van der Waals surface area contributed by atoms with Crippen LogP contribution in [0.4, 0.5) is 0 Å². The van der Waals surface area contributed by atoms with Crippen molar-refractivity contribution in [3.05, 3.63) is 26.6 Å². The molecule has 1 saturated carbocycles. The van der Waals surface area contributed by atoms with Gasteiger partial charge in [0.1, 0.15) is 4.83 Å². The minimum absolute atomic E-state index is 0.0646. The van der Waals surface area contributed by atoms with E-state index < -0.39 is 0 Å². The Morgan fingerprint density at radius 1 is 1.56 bits per heavy atom. The monoisotopic (exact) mass is 280 g/mol. The lowest BCUT2D eigenvalue weighted by atomic mass is 9.67. The molecule has 96 valence electrons. The Morgan fingerprint density at radius 3 is 2.94 bits per heavy atom. The van der Waals surface area contributed by atoms with Gasteiger partial charge >= 0.3 is 0 Å². The molecule has 0 aromatic carbocycles. The molecule has 3 rings (SSSR count). The van der Waals surface area contributed by atoms with Gasteiger partial charge in [-0.1, -0.05) is 13.3 Å². The standard InChI is InChI=1S/C13H16N2OS2/c1-2-13(5-3-6-13)8-15-11(16)9-4-7-18-10(9)14-12(15)17/h4,7H,2-3,5-6,8H2,1H3,(H,14,17). The van der Waals surface area contributed by atoms with Crippen LogP contribution in [-0.4, -0.2) is 9.55 Å². The zero-order valence-corrected chi connectivity index (χ0v) is 12.0. The van der Waals surface area contributed by atoms with Crippen LogP contribution in [0.15, 0.2) is 16.2 Å². The second-order valence-corrected chi connectivity index (χ2v) is 6.49. The Hall–Kier alpha value is -0.940. The van der Waals surface area contributed by atoms with Crippen LogP contribution in [0.2, 0.25) is 0 Å². The van der Waals surface area contributed by atoms with Crippen molar-refractivity contribution in [2.24, 2.45) is 5.41 Å². The van der Waals surface area contributed by atoms with E-state index in [1.165, 1.54) is 30.6 Å².